The molecule has 34 heavy (non-hydrogen) atoms. The zero-order chi connectivity index (χ0) is 24.9. The number of hydrogen-bond donors (Lipinski definition) is 2. The number of carbonyl (C=O) groups excluding carboxylic acids is 1. The van der Waals surface area contributed by atoms with Crippen LogP contribution < -0.4 is 10.1 Å². The molecule has 2 amide bonds. The number of methoxy groups -OCH3 is 1. The lowest BCUT2D eigenvalue weighted by Crippen LogP contribution is -2.35. The number of ether oxygens (including phenoxy) is 3. The fourth-order valence-electron chi connectivity index (χ4n) is 3.66. The molecule has 2 aromatic rings. The Morgan fingerprint density at radius 2 is 2.12 bits per heavy atom. The van der Waals surface area contributed by atoms with Gasteiger partial charge in [0.25, 0.3) is 5.91 Å². The van der Waals surface area contributed by atoms with Gasteiger partial charge in [-0.25, -0.2) is 14.8 Å². The summed E-state index contributed by atoms with van der Waals surface area (Å²) in [4.78, 5) is 34.5. The second kappa shape index (κ2) is 11.1. The summed E-state index contributed by atoms with van der Waals surface area (Å²) in [7, 11) is 0.359. The zero-order valence-electron chi connectivity index (χ0n) is 20.5. The van der Waals surface area contributed by atoms with Crippen LogP contribution in [0, 0.1) is 0 Å². The van der Waals surface area contributed by atoms with Crippen molar-refractivity contribution in [2.45, 2.75) is 57.9 Å². The minimum absolute atomic E-state index is 0.184. The molecule has 0 aromatic carbocycles. The van der Waals surface area contributed by atoms with E-state index in [1.807, 2.05) is 6.92 Å². The number of carbonyl (C=O) groups is 2. The van der Waals surface area contributed by atoms with E-state index in [-0.39, 0.29) is 37.2 Å². The van der Waals surface area contributed by atoms with E-state index >= 15 is 0 Å². The Kier molecular flexibility index (Phi) is 8.50. The summed E-state index contributed by atoms with van der Waals surface area (Å²) in [5, 5.41) is 12.1. The highest BCUT2D eigenvalue weighted by Gasteiger charge is 2.28. The Balaban J connectivity index is 1.81. The molecule has 0 saturated carbocycles. The number of rotatable bonds is 11. The number of nitrogens with one attached hydrogen (secondary N) is 1. The predicted octanol–water partition coefficient (Wildman–Crippen LogP) is 2.64. The van der Waals surface area contributed by atoms with Gasteiger partial charge in [-0.1, -0.05) is 19.6 Å². The molecule has 2 N–H and O–H groups in total. The van der Waals surface area contributed by atoms with E-state index in [4.69, 9.17) is 19.3 Å². The first-order chi connectivity index (χ1) is 16.1. The molecule has 188 valence electrons. The molecule has 0 spiro atoms. The highest BCUT2D eigenvalue weighted by molar-refractivity contribution is 6.76. The Hall–Kier alpha value is -2.70. The third kappa shape index (κ3) is 6.90. The molecule has 1 aliphatic rings. The standard InChI is InChI=1S/C22H35N5O6Si/c1-15(13-31-2)24-21(28)17-12-27(14-32-8-9-34(3,4)5)20-19(17)25-18(10-23-20)33-16-6-7-26(11-16)22(29)30/h10,12,15-16H,6-9,11,13-14H2,1-5H3,(H,24,28)(H,29,30)/t15-,16+/m1/s1. The van der Waals surface area contributed by atoms with Crippen LogP contribution in [-0.4, -0.2) is 90.2 Å². The van der Waals surface area contributed by atoms with Crippen LogP contribution in [0.5, 0.6) is 5.88 Å². The van der Waals surface area contributed by atoms with Crippen LogP contribution in [0.15, 0.2) is 12.4 Å². The third-order valence-electron chi connectivity index (χ3n) is 5.51. The zero-order valence-corrected chi connectivity index (χ0v) is 21.5. The molecule has 0 bridgehead atoms. The maximum Gasteiger partial charge on any atom is 0.407 e. The van der Waals surface area contributed by atoms with Crippen LogP contribution in [0.1, 0.15) is 23.7 Å². The summed E-state index contributed by atoms with van der Waals surface area (Å²) in [5.41, 5.74) is 1.29. The first-order valence-corrected chi connectivity index (χ1v) is 15.2. The van der Waals surface area contributed by atoms with Gasteiger partial charge >= 0.3 is 6.09 Å². The fraction of sp³-hybridized carbons (Fsp3) is 0.636. The van der Waals surface area contributed by atoms with E-state index in [9.17, 15) is 9.59 Å². The number of likely N-dealkylation sites (tertiary alicyclic amines) is 1. The molecule has 2 atom stereocenters. The second-order valence-corrected chi connectivity index (χ2v) is 15.4. The predicted molar refractivity (Wildman–Crippen MR) is 129 cm³/mol. The monoisotopic (exact) mass is 493 g/mol. The lowest BCUT2D eigenvalue weighted by Gasteiger charge is -2.15. The number of fused-ring (bicyclic) bond motifs is 1. The minimum atomic E-state index is -1.22. The van der Waals surface area contributed by atoms with Crippen LogP contribution in [0.3, 0.4) is 0 Å². The van der Waals surface area contributed by atoms with Crippen LogP contribution in [0.2, 0.25) is 25.7 Å². The van der Waals surface area contributed by atoms with Crippen molar-refractivity contribution >= 4 is 31.2 Å². The normalized spacial score (nSPS) is 17.2. The summed E-state index contributed by atoms with van der Waals surface area (Å²) in [6.45, 7) is 10.7. The third-order valence-corrected chi connectivity index (χ3v) is 7.22. The van der Waals surface area contributed by atoms with Gasteiger partial charge < -0.3 is 34.1 Å². The number of amides is 2. The van der Waals surface area contributed by atoms with Gasteiger partial charge in [0.05, 0.1) is 24.9 Å². The molecule has 2 aromatic heterocycles. The SMILES string of the molecule is COC[C@@H](C)NC(=O)c1cn(COCC[Si](C)(C)C)c2ncc(O[C@H]3CCN(C(=O)O)C3)nc12. The van der Waals surface area contributed by atoms with Gasteiger partial charge in [-0.05, 0) is 13.0 Å². The minimum Gasteiger partial charge on any atom is -0.471 e. The van der Waals surface area contributed by atoms with Crippen molar-refractivity contribution in [3.8, 4) is 5.88 Å². The van der Waals surface area contributed by atoms with Gasteiger partial charge in [0, 0.05) is 47.0 Å². The molecule has 3 rings (SSSR count). The van der Waals surface area contributed by atoms with Crippen molar-refractivity contribution in [1.29, 1.82) is 0 Å². The number of carboxylic acid groups (broad SMARTS) is 1. The number of aromatic nitrogens is 3. The molecule has 0 unspecified atom stereocenters. The summed E-state index contributed by atoms with van der Waals surface area (Å²) in [6.07, 6.45) is 2.48. The molecule has 3 heterocycles. The van der Waals surface area contributed by atoms with E-state index < -0.39 is 14.2 Å². The first kappa shape index (κ1) is 25.9. The summed E-state index contributed by atoms with van der Waals surface area (Å²) < 4.78 is 18.7. The molecule has 1 fully saturated rings. The van der Waals surface area contributed by atoms with Gasteiger partial charge in [-0.2, -0.15) is 0 Å². The highest BCUT2D eigenvalue weighted by Crippen LogP contribution is 2.23. The molecule has 0 radical (unpaired) electrons. The smallest absolute Gasteiger partial charge is 0.407 e. The van der Waals surface area contributed by atoms with Crippen molar-refractivity contribution in [2.24, 2.45) is 0 Å². The topological polar surface area (TPSA) is 128 Å². The Morgan fingerprint density at radius 3 is 2.76 bits per heavy atom. The highest BCUT2D eigenvalue weighted by atomic mass is 28.3. The summed E-state index contributed by atoms with van der Waals surface area (Å²) in [6, 6.07) is 0.851. The summed E-state index contributed by atoms with van der Waals surface area (Å²) >= 11 is 0. The van der Waals surface area contributed by atoms with Crippen LogP contribution in [-0.2, 0) is 16.2 Å². The van der Waals surface area contributed by atoms with Crippen LogP contribution in [0.25, 0.3) is 11.2 Å². The molecule has 11 nitrogen and oxygen atoms in total. The van der Waals surface area contributed by atoms with Crippen molar-refractivity contribution in [1.82, 2.24) is 24.8 Å². The van der Waals surface area contributed by atoms with Crippen LogP contribution >= 0.6 is 0 Å². The van der Waals surface area contributed by atoms with Crippen LogP contribution in [0.4, 0.5) is 4.79 Å². The molecule has 12 heteroatoms. The van der Waals surface area contributed by atoms with Crippen molar-refractivity contribution < 1.29 is 28.9 Å². The van der Waals surface area contributed by atoms with E-state index in [1.165, 1.54) is 11.1 Å². The Bertz CT molecular complexity index is 1010. The van der Waals surface area contributed by atoms with Gasteiger partial charge in [0.2, 0.25) is 5.88 Å². The average Bonchev–Trinajstić information content (AvgIpc) is 3.35. The molecule has 1 aliphatic heterocycles. The largest absolute Gasteiger partial charge is 0.471 e. The van der Waals surface area contributed by atoms with Crippen molar-refractivity contribution in [3.63, 3.8) is 0 Å². The maximum absolute atomic E-state index is 13.0. The number of hydrogen-bond acceptors (Lipinski definition) is 7. The summed E-state index contributed by atoms with van der Waals surface area (Å²) in [5.74, 6) is -0.0408. The molecule has 0 aliphatic carbocycles. The quantitative estimate of drug-likeness (QED) is 0.361. The lowest BCUT2D eigenvalue weighted by molar-refractivity contribution is 0.0881. The van der Waals surface area contributed by atoms with Gasteiger partial charge in [0.1, 0.15) is 18.4 Å². The maximum atomic E-state index is 13.0. The first-order valence-electron chi connectivity index (χ1n) is 11.5. The fourth-order valence-corrected chi connectivity index (χ4v) is 4.42. The van der Waals surface area contributed by atoms with E-state index in [2.05, 4.69) is 34.9 Å². The van der Waals surface area contributed by atoms with Gasteiger partial charge in [-0.3, -0.25) is 4.79 Å². The molecular weight excluding hydrogens is 458 g/mol. The Labute approximate surface area is 200 Å². The molecular formula is C22H35N5O6Si. The van der Waals surface area contributed by atoms with E-state index in [0.29, 0.717) is 42.9 Å². The van der Waals surface area contributed by atoms with E-state index in [1.54, 1.807) is 17.9 Å². The van der Waals surface area contributed by atoms with E-state index in [0.717, 1.165) is 6.04 Å². The van der Waals surface area contributed by atoms with Gasteiger partial charge in [-0.15, -0.1) is 0 Å². The Morgan fingerprint density at radius 1 is 1.35 bits per heavy atom. The average molecular weight is 494 g/mol. The second-order valence-electron chi connectivity index (χ2n) is 9.83. The van der Waals surface area contributed by atoms with Gasteiger partial charge in [0.15, 0.2) is 5.65 Å². The number of nitrogens with zero attached hydrogens (tertiary/aromatic N) is 4. The van der Waals surface area contributed by atoms with Crippen molar-refractivity contribution in [2.75, 3.05) is 33.4 Å². The van der Waals surface area contributed by atoms with Crippen molar-refractivity contribution in [3.05, 3.63) is 18.0 Å². The molecule has 1 saturated heterocycles. The lowest BCUT2D eigenvalue weighted by atomic mass is 10.2.